The van der Waals surface area contributed by atoms with E-state index in [4.69, 9.17) is 0 Å². The molecule has 0 radical (unpaired) electrons. The molecule has 7 heteroatoms. The van der Waals surface area contributed by atoms with E-state index in [0.717, 1.165) is 0 Å². The maximum absolute atomic E-state index is 11.5. The molecule has 1 aromatic rings. The van der Waals surface area contributed by atoms with Crippen LogP contribution in [0, 0.1) is 26.1 Å². The van der Waals surface area contributed by atoms with E-state index in [1.807, 2.05) is 6.92 Å². The van der Waals surface area contributed by atoms with E-state index < -0.39 is 34.0 Å². The molecule has 5 unspecified atom stereocenters. The molecule has 7 nitrogen and oxygen atoms in total. The molecule has 0 amide bonds. The summed E-state index contributed by atoms with van der Waals surface area (Å²) in [7, 11) is 0. The summed E-state index contributed by atoms with van der Waals surface area (Å²) in [5, 5.41) is 32.9. The number of hydrogen-bond acceptors (Lipinski definition) is 5. The van der Waals surface area contributed by atoms with Crippen molar-refractivity contribution >= 4 is 0 Å². The Kier molecular flexibility index (Phi) is 4.52. The third-order valence-electron chi connectivity index (χ3n) is 4.35. The summed E-state index contributed by atoms with van der Waals surface area (Å²) >= 11 is 0. The van der Waals surface area contributed by atoms with Crippen LogP contribution in [0.2, 0.25) is 0 Å². The number of nitro groups is 2. The number of aliphatic hydroxyl groups excluding tert-OH is 1. The minimum Gasteiger partial charge on any atom is -0.386 e. The highest BCUT2D eigenvalue weighted by atomic mass is 16.6. The van der Waals surface area contributed by atoms with Crippen molar-refractivity contribution < 1.29 is 15.0 Å². The Morgan fingerprint density at radius 2 is 1.71 bits per heavy atom. The lowest BCUT2D eigenvalue weighted by atomic mass is 9.69. The van der Waals surface area contributed by atoms with Gasteiger partial charge in [-0.15, -0.1) is 0 Å². The molecule has 0 aromatic heterocycles. The minimum absolute atomic E-state index is 0.0944. The molecule has 0 aliphatic heterocycles. The van der Waals surface area contributed by atoms with Crippen LogP contribution >= 0.6 is 0 Å². The van der Waals surface area contributed by atoms with E-state index in [-0.39, 0.29) is 12.3 Å². The second-order valence-corrected chi connectivity index (χ2v) is 5.46. The Morgan fingerprint density at radius 1 is 1.14 bits per heavy atom. The number of nitrogens with zero attached hydrogens (tertiary/aromatic N) is 2. The summed E-state index contributed by atoms with van der Waals surface area (Å²) in [4.78, 5) is 21.8. The van der Waals surface area contributed by atoms with E-state index in [2.05, 4.69) is 0 Å². The van der Waals surface area contributed by atoms with Gasteiger partial charge in [0.1, 0.15) is 12.0 Å². The van der Waals surface area contributed by atoms with E-state index >= 15 is 0 Å². The molecule has 114 valence electrons. The van der Waals surface area contributed by atoms with E-state index in [9.17, 15) is 25.3 Å². The average molecular weight is 294 g/mol. The van der Waals surface area contributed by atoms with Crippen LogP contribution < -0.4 is 0 Å². The quantitative estimate of drug-likeness (QED) is 0.673. The zero-order valence-electron chi connectivity index (χ0n) is 11.7. The zero-order chi connectivity index (χ0) is 15.6. The largest absolute Gasteiger partial charge is 0.386 e. The molecular weight excluding hydrogens is 276 g/mol. The van der Waals surface area contributed by atoms with Crippen molar-refractivity contribution in [2.24, 2.45) is 5.92 Å². The van der Waals surface area contributed by atoms with Crippen LogP contribution in [-0.2, 0) is 0 Å². The monoisotopic (exact) mass is 294 g/mol. The molecule has 1 fully saturated rings. The van der Waals surface area contributed by atoms with Crippen LogP contribution in [0.15, 0.2) is 30.3 Å². The van der Waals surface area contributed by atoms with Crippen molar-refractivity contribution in [3.05, 3.63) is 56.1 Å². The summed E-state index contributed by atoms with van der Waals surface area (Å²) in [5.41, 5.74) is 0.540. The second-order valence-electron chi connectivity index (χ2n) is 5.46. The smallest absolute Gasteiger partial charge is 0.251 e. The highest BCUT2D eigenvalue weighted by molar-refractivity contribution is 5.24. The Hall–Kier alpha value is -2.02. The van der Waals surface area contributed by atoms with Crippen LogP contribution in [0.5, 0.6) is 0 Å². The molecule has 1 aliphatic rings. The van der Waals surface area contributed by atoms with Crippen LogP contribution in [0.25, 0.3) is 0 Å². The fourth-order valence-corrected chi connectivity index (χ4v) is 3.38. The lowest BCUT2D eigenvalue weighted by Gasteiger charge is -2.36. The second kappa shape index (κ2) is 6.17. The van der Waals surface area contributed by atoms with Crippen LogP contribution in [0.3, 0.4) is 0 Å². The van der Waals surface area contributed by atoms with E-state index in [1.165, 1.54) is 0 Å². The number of benzene rings is 1. The van der Waals surface area contributed by atoms with Gasteiger partial charge in [0, 0.05) is 15.8 Å². The first kappa shape index (κ1) is 15.4. The van der Waals surface area contributed by atoms with Crippen molar-refractivity contribution in [2.45, 2.75) is 43.9 Å². The van der Waals surface area contributed by atoms with Gasteiger partial charge in [-0.25, -0.2) is 0 Å². The zero-order valence-corrected chi connectivity index (χ0v) is 11.7. The third kappa shape index (κ3) is 2.87. The summed E-state index contributed by atoms with van der Waals surface area (Å²) in [6, 6.07) is 6.07. The minimum atomic E-state index is -1.34. The fourth-order valence-electron chi connectivity index (χ4n) is 3.38. The Labute approximate surface area is 121 Å². The van der Waals surface area contributed by atoms with Gasteiger partial charge >= 0.3 is 0 Å². The molecule has 1 saturated carbocycles. The molecule has 2 rings (SSSR count). The SMILES string of the molecule is CCC1CC(O)C([N+](=O)[O-])C(c2ccccc2)C1[N+](=O)[O-]. The van der Waals surface area contributed by atoms with Crippen LogP contribution in [0.1, 0.15) is 31.2 Å². The first-order valence-electron chi connectivity index (χ1n) is 6.97. The lowest BCUT2D eigenvalue weighted by Crippen LogP contribution is -2.54. The number of hydrogen-bond donors (Lipinski definition) is 1. The van der Waals surface area contributed by atoms with Gasteiger partial charge in [0.05, 0.1) is 0 Å². The molecule has 5 atom stereocenters. The predicted molar refractivity (Wildman–Crippen MR) is 75.2 cm³/mol. The summed E-state index contributed by atoms with van der Waals surface area (Å²) in [5.74, 6) is -1.28. The summed E-state index contributed by atoms with van der Waals surface area (Å²) < 4.78 is 0. The first-order chi connectivity index (χ1) is 9.97. The first-order valence-corrected chi connectivity index (χ1v) is 6.97. The van der Waals surface area contributed by atoms with E-state index in [1.54, 1.807) is 30.3 Å². The Balaban J connectivity index is 2.52. The normalized spacial score (nSPS) is 32.6. The topological polar surface area (TPSA) is 107 Å². The van der Waals surface area contributed by atoms with Gasteiger partial charge < -0.3 is 5.11 Å². The lowest BCUT2D eigenvalue weighted by molar-refractivity contribution is -0.588. The van der Waals surface area contributed by atoms with Gasteiger partial charge in [-0.2, -0.15) is 0 Å². The molecule has 0 heterocycles. The van der Waals surface area contributed by atoms with Crippen LogP contribution in [-0.4, -0.2) is 33.1 Å². The summed E-state index contributed by atoms with van der Waals surface area (Å²) in [6.45, 7) is 1.81. The van der Waals surface area contributed by atoms with Crippen molar-refractivity contribution in [1.82, 2.24) is 0 Å². The maximum Gasteiger partial charge on any atom is 0.251 e. The highest BCUT2D eigenvalue weighted by Crippen LogP contribution is 2.41. The molecule has 0 bridgehead atoms. The van der Waals surface area contributed by atoms with Gasteiger partial charge in [-0.05, 0) is 18.4 Å². The molecule has 0 saturated heterocycles. The molecule has 1 aliphatic carbocycles. The van der Waals surface area contributed by atoms with Gasteiger partial charge in [-0.1, -0.05) is 37.3 Å². The molecular formula is C14H18N2O5. The van der Waals surface area contributed by atoms with Crippen molar-refractivity contribution in [3.63, 3.8) is 0 Å². The van der Waals surface area contributed by atoms with Crippen molar-refractivity contribution in [2.75, 3.05) is 0 Å². The molecule has 1 aromatic carbocycles. The Morgan fingerprint density at radius 3 is 2.19 bits per heavy atom. The standard InChI is InChI=1S/C14H18N2O5/c1-2-9-8-11(17)14(16(20)21)12(13(9)15(18)19)10-6-4-3-5-7-10/h3-7,9,11-14,17H,2,8H2,1H3. The van der Waals surface area contributed by atoms with E-state index in [0.29, 0.717) is 12.0 Å². The molecule has 1 N–H and O–H groups in total. The van der Waals surface area contributed by atoms with Gasteiger partial charge in [-0.3, -0.25) is 20.2 Å². The maximum atomic E-state index is 11.5. The Bertz CT molecular complexity index is 521. The molecule has 0 spiro atoms. The predicted octanol–water partition coefficient (Wildman–Crippen LogP) is 1.85. The average Bonchev–Trinajstić information content (AvgIpc) is 2.46. The van der Waals surface area contributed by atoms with Gasteiger partial charge in [0.25, 0.3) is 6.04 Å². The number of rotatable bonds is 4. The fraction of sp³-hybridized carbons (Fsp3) is 0.571. The third-order valence-corrected chi connectivity index (χ3v) is 4.35. The van der Waals surface area contributed by atoms with Gasteiger partial charge in [0.15, 0.2) is 0 Å². The summed E-state index contributed by atoms with van der Waals surface area (Å²) in [6.07, 6.45) is -0.556. The van der Waals surface area contributed by atoms with Gasteiger partial charge in [0.2, 0.25) is 6.04 Å². The van der Waals surface area contributed by atoms with Crippen molar-refractivity contribution in [1.29, 1.82) is 0 Å². The highest BCUT2D eigenvalue weighted by Gasteiger charge is 2.56. The van der Waals surface area contributed by atoms with Crippen molar-refractivity contribution in [3.8, 4) is 0 Å². The molecule has 21 heavy (non-hydrogen) atoms. The number of aliphatic hydroxyl groups is 1. The van der Waals surface area contributed by atoms with Crippen LogP contribution in [0.4, 0.5) is 0 Å².